The van der Waals surface area contributed by atoms with E-state index in [0.29, 0.717) is 17.0 Å². The summed E-state index contributed by atoms with van der Waals surface area (Å²) in [5.74, 6) is 1.18. The van der Waals surface area contributed by atoms with E-state index in [-0.39, 0.29) is 6.61 Å². The first-order valence-corrected chi connectivity index (χ1v) is 7.81. The Kier molecular flexibility index (Phi) is 4.89. The zero-order chi connectivity index (χ0) is 16.1. The topological polar surface area (TPSA) is 60.6 Å². The van der Waals surface area contributed by atoms with Gasteiger partial charge in [-0.05, 0) is 24.6 Å². The molecule has 6 heteroatoms. The Hall–Kier alpha value is -2.39. The maximum Gasteiger partial charge on any atom is 0.190 e. The molecule has 1 aromatic rings. The Morgan fingerprint density at radius 2 is 2.17 bits per heavy atom. The summed E-state index contributed by atoms with van der Waals surface area (Å²) in [5, 5.41) is 12.1. The van der Waals surface area contributed by atoms with Crippen molar-refractivity contribution in [3.05, 3.63) is 47.0 Å². The van der Waals surface area contributed by atoms with E-state index in [1.165, 1.54) is 6.07 Å². The maximum atomic E-state index is 13.9. The highest BCUT2D eigenvalue weighted by Crippen LogP contribution is 2.18. The summed E-state index contributed by atoms with van der Waals surface area (Å²) < 4.78 is 19.5. The fourth-order valence-corrected chi connectivity index (χ4v) is 2.65. The fraction of sp³-hybridized carbons (Fsp3) is 0.412. The van der Waals surface area contributed by atoms with Crippen LogP contribution in [0.1, 0.15) is 24.0 Å². The highest BCUT2D eigenvalue weighted by molar-refractivity contribution is 5.78. The number of nitriles is 1. The summed E-state index contributed by atoms with van der Waals surface area (Å²) in [6.45, 7) is 3.92. The molecule has 3 rings (SSSR count). The molecule has 0 aromatic heterocycles. The molecule has 0 bridgehead atoms. The van der Waals surface area contributed by atoms with E-state index in [2.05, 4.69) is 21.3 Å². The van der Waals surface area contributed by atoms with E-state index in [0.717, 1.165) is 44.8 Å². The van der Waals surface area contributed by atoms with Crippen LogP contribution in [0.4, 0.5) is 4.39 Å². The van der Waals surface area contributed by atoms with Crippen LogP contribution in [-0.4, -0.2) is 37.0 Å². The quantitative estimate of drug-likeness (QED) is 0.929. The average Bonchev–Trinajstić information content (AvgIpc) is 2.61. The van der Waals surface area contributed by atoms with Crippen LogP contribution >= 0.6 is 0 Å². The highest BCUT2D eigenvalue weighted by Gasteiger charge is 2.17. The molecule has 1 N–H and O–H groups in total. The Morgan fingerprint density at radius 3 is 2.91 bits per heavy atom. The van der Waals surface area contributed by atoms with Crippen LogP contribution in [0, 0.1) is 17.1 Å². The first-order valence-electron chi connectivity index (χ1n) is 7.81. The zero-order valence-electron chi connectivity index (χ0n) is 12.9. The van der Waals surface area contributed by atoms with Crippen molar-refractivity contribution in [1.29, 1.82) is 5.26 Å². The largest absolute Gasteiger partial charge is 0.476 e. The second-order valence-electron chi connectivity index (χ2n) is 5.55. The predicted octanol–water partition coefficient (Wildman–Crippen LogP) is 2.15. The summed E-state index contributed by atoms with van der Waals surface area (Å²) >= 11 is 0. The molecular weight excluding hydrogens is 295 g/mol. The van der Waals surface area contributed by atoms with Crippen LogP contribution in [0.25, 0.3) is 0 Å². The molecule has 0 aliphatic carbocycles. The van der Waals surface area contributed by atoms with Crippen molar-refractivity contribution < 1.29 is 9.13 Å². The second-order valence-corrected chi connectivity index (χ2v) is 5.55. The molecule has 2 aliphatic rings. The minimum atomic E-state index is -0.418. The lowest BCUT2D eigenvalue weighted by atomic mass is 10.1. The molecule has 0 spiro atoms. The van der Waals surface area contributed by atoms with Crippen LogP contribution in [0.15, 0.2) is 35.1 Å². The van der Waals surface area contributed by atoms with Gasteiger partial charge >= 0.3 is 0 Å². The molecule has 0 atom stereocenters. The van der Waals surface area contributed by atoms with Gasteiger partial charge in [0.1, 0.15) is 18.2 Å². The summed E-state index contributed by atoms with van der Waals surface area (Å²) in [4.78, 5) is 6.80. The van der Waals surface area contributed by atoms with Gasteiger partial charge in [-0.1, -0.05) is 6.07 Å². The third kappa shape index (κ3) is 3.88. The molecule has 120 valence electrons. The van der Waals surface area contributed by atoms with E-state index in [1.807, 2.05) is 6.07 Å². The Balaban J connectivity index is 1.62. The van der Waals surface area contributed by atoms with Gasteiger partial charge in [-0.15, -0.1) is 0 Å². The van der Waals surface area contributed by atoms with Crippen molar-refractivity contribution in [2.75, 3.05) is 26.2 Å². The summed E-state index contributed by atoms with van der Waals surface area (Å²) in [7, 11) is 0. The number of hydrogen-bond acceptors (Lipinski definition) is 5. The van der Waals surface area contributed by atoms with Crippen molar-refractivity contribution in [2.45, 2.75) is 19.4 Å². The van der Waals surface area contributed by atoms with Gasteiger partial charge in [-0.25, -0.2) is 9.38 Å². The van der Waals surface area contributed by atoms with Gasteiger partial charge < -0.3 is 15.0 Å². The van der Waals surface area contributed by atoms with Crippen molar-refractivity contribution in [3.63, 3.8) is 0 Å². The monoisotopic (exact) mass is 314 g/mol. The Morgan fingerprint density at radius 1 is 1.35 bits per heavy atom. The summed E-state index contributed by atoms with van der Waals surface area (Å²) in [6.07, 6.45) is 3.74. The number of hydrogen-bond donors (Lipinski definition) is 1. The summed E-state index contributed by atoms with van der Waals surface area (Å²) in [5.41, 5.74) is 0.746. The van der Waals surface area contributed by atoms with Crippen LogP contribution in [0.2, 0.25) is 0 Å². The molecule has 2 aliphatic heterocycles. The lowest BCUT2D eigenvalue weighted by Crippen LogP contribution is -2.43. The first-order chi connectivity index (χ1) is 11.3. The summed E-state index contributed by atoms with van der Waals surface area (Å²) in [6, 6.07) is 6.33. The molecule has 0 radical (unpaired) electrons. The van der Waals surface area contributed by atoms with Crippen LogP contribution in [0.5, 0.6) is 0 Å². The number of nitrogens with one attached hydrogen (secondary N) is 1. The lowest BCUT2D eigenvalue weighted by molar-refractivity contribution is 0.263. The van der Waals surface area contributed by atoms with Crippen molar-refractivity contribution in [1.82, 2.24) is 10.2 Å². The number of halogens is 1. The third-order valence-corrected chi connectivity index (χ3v) is 3.94. The number of nitrogens with zero attached hydrogens (tertiary/aromatic N) is 3. The second kappa shape index (κ2) is 7.25. The molecule has 0 saturated carbocycles. The van der Waals surface area contributed by atoms with E-state index >= 15 is 0 Å². The molecule has 5 nitrogen and oxygen atoms in total. The minimum absolute atomic E-state index is 0.130. The van der Waals surface area contributed by atoms with Crippen LogP contribution in [0.3, 0.4) is 0 Å². The number of allylic oxidation sites excluding steroid dienone is 1. The predicted molar refractivity (Wildman–Crippen MR) is 85.1 cm³/mol. The normalized spacial score (nSPS) is 18.0. The smallest absolute Gasteiger partial charge is 0.190 e. The van der Waals surface area contributed by atoms with Gasteiger partial charge in [-0.2, -0.15) is 5.26 Å². The van der Waals surface area contributed by atoms with Crippen molar-refractivity contribution in [2.24, 2.45) is 4.99 Å². The highest BCUT2D eigenvalue weighted by atomic mass is 19.1. The van der Waals surface area contributed by atoms with E-state index in [1.54, 1.807) is 12.1 Å². The number of ether oxygens (including phenoxy) is 1. The molecule has 0 unspecified atom stereocenters. The SMILES string of the molecule is N#Cc1ccc(COC2=NC(N3CCNCC3)=CCC2)c(F)c1. The van der Waals surface area contributed by atoms with Gasteiger partial charge in [0.15, 0.2) is 5.90 Å². The molecule has 1 fully saturated rings. The van der Waals surface area contributed by atoms with Crippen LogP contribution < -0.4 is 5.32 Å². The molecule has 1 aromatic carbocycles. The molecule has 1 saturated heterocycles. The van der Waals surface area contributed by atoms with E-state index in [9.17, 15) is 4.39 Å². The molecular formula is C17H19FN4O. The maximum absolute atomic E-state index is 13.9. The van der Waals surface area contributed by atoms with E-state index < -0.39 is 5.82 Å². The number of piperazine rings is 1. The first kappa shape index (κ1) is 15.5. The fourth-order valence-electron chi connectivity index (χ4n) is 2.65. The standard InChI is InChI=1S/C17H19FN4O/c18-15-10-13(11-19)4-5-14(15)12-23-17-3-1-2-16(21-17)22-8-6-20-7-9-22/h2,4-5,10,20H,1,3,6-9,12H2. The number of rotatable bonds is 3. The van der Waals surface area contributed by atoms with Crippen molar-refractivity contribution >= 4 is 5.90 Å². The zero-order valence-corrected chi connectivity index (χ0v) is 12.9. The van der Waals surface area contributed by atoms with Crippen LogP contribution in [-0.2, 0) is 11.3 Å². The molecule has 0 amide bonds. The van der Waals surface area contributed by atoms with Gasteiger partial charge in [0.05, 0.1) is 11.6 Å². The minimum Gasteiger partial charge on any atom is -0.476 e. The lowest BCUT2D eigenvalue weighted by Gasteiger charge is -2.30. The van der Waals surface area contributed by atoms with Gasteiger partial charge in [0, 0.05) is 38.2 Å². The van der Waals surface area contributed by atoms with E-state index in [4.69, 9.17) is 10.00 Å². The van der Waals surface area contributed by atoms with Crippen molar-refractivity contribution in [3.8, 4) is 6.07 Å². The molecule has 2 heterocycles. The number of benzene rings is 1. The molecule has 23 heavy (non-hydrogen) atoms. The average molecular weight is 314 g/mol. The van der Waals surface area contributed by atoms with Gasteiger partial charge in [-0.3, -0.25) is 0 Å². The van der Waals surface area contributed by atoms with Gasteiger partial charge in [0.2, 0.25) is 0 Å². The van der Waals surface area contributed by atoms with Gasteiger partial charge in [0.25, 0.3) is 0 Å². The number of aliphatic imine (C=N–C) groups is 1. The Bertz CT molecular complexity index is 672. The Labute approximate surface area is 135 Å². The third-order valence-electron chi connectivity index (χ3n) is 3.94.